The predicted octanol–water partition coefficient (Wildman–Crippen LogP) is 4.32. The number of aromatic nitrogens is 1. The molecule has 7 nitrogen and oxygen atoms in total. The third kappa shape index (κ3) is 4.04. The van der Waals surface area contributed by atoms with Gasteiger partial charge >= 0.3 is 0 Å². The van der Waals surface area contributed by atoms with E-state index >= 15 is 0 Å². The zero-order chi connectivity index (χ0) is 21.1. The minimum absolute atomic E-state index is 0.205. The number of carbonyl (C=O) groups excluding carboxylic acids is 1. The Morgan fingerprint density at radius 2 is 1.77 bits per heavy atom. The van der Waals surface area contributed by atoms with Crippen LogP contribution in [0.5, 0.6) is 11.5 Å². The van der Waals surface area contributed by atoms with Gasteiger partial charge in [0.15, 0.2) is 16.6 Å². The third-order valence-electron chi connectivity index (χ3n) is 5.10. The van der Waals surface area contributed by atoms with Crippen LogP contribution in [0.15, 0.2) is 42.5 Å². The summed E-state index contributed by atoms with van der Waals surface area (Å²) < 4.78 is 10.5. The largest absolute Gasteiger partial charge is 0.493 e. The SMILES string of the molecule is COc1ccc(C(=O)c2sc(Nc3ccc(N4CCCC4)cc3)nc2N)cc1OC. The van der Waals surface area contributed by atoms with Crippen molar-refractivity contribution in [1.29, 1.82) is 0 Å². The first-order valence-corrected chi connectivity index (χ1v) is 10.6. The Bertz CT molecular complexity index is 1040. The number of ether oxygens (including phenoxy) is 2. The molecule has 4 rings (SSSR count). The summed E-state index contributed by atoms with van der Waals surface area (Å²) in [4.78, 5) is 20.0. The van der Waals surface area contributed by atoms with Gasteiger partial charge in [-0.05, 0) is 55.3 Å². The highest BCUT2D eigenvalue weighted by molar-refractivity contribution is 7.18. The minimum atomic E-state index is -0.205. The third-order valence-corrected chi connectivity index (χ3v) is 6.08. The van der Waals surface area contributed by atoms with Gasteiger partial charge in [0.25, 0.3) is 0 Å². The Morgan fingerprint density at radius 3 is 2.43 bits per heavy atom. The van der Waals surface area contributed by atoms with Gasteiger partial charge < -0.3 is 25.4 Å². The van der Waals surface area contributed by atoms with E-state index < -0.39 is 0 Å². The molecule has 1 aliphatic heterocycles. The number of benzene rings is 2. The summed E-state index contributed by atoms with van der Waals surface area (Å²) in [6.45, 7) is 2.22. The first kappa shape index (κ1) is 20.0. The van der Waals surface area contributed by atoms with Crippen LogP contribution in [0.1, 0.15) is 28.1 Å². The molecule has 3 N–H and O–H groups in total. The van der Waals surface area contributed by atoms with Crippen molar-refractivity contribution >= 4 is 39.4 Å². The predicted molar refractivity (Wildman–Crippen MR) is 121 cm³/mol. The van der Waals surface area contributed by atoms with E-state index in [1.54, 1.807) is 25.3 Å². The van der Waals surface area contributed by atoms with Crippen molar-refractivity contribution in [2.45, 2.75) is 12.8 Å². The fraction of sp³-hybridized carbons (Fsp3) is 0.273. The molecule has 2 aromatic carbocycles. The molecule has 0 bridgehead atoms. The number of nitrogen functional groups attached to an aromatic ring is 1. The molecule has 0 unspecified atom stereocenters. The zero-order valence-corrected chi connectivity index (χ0v) is 17.8. The second kappa shape index (κ2) is 8.62. The van der Waals surface area contributed by atoms with E-state index in [9.17, 15) is 4.79 Å². The van der Waals surface area contributed by atoms with Gasteiger partial charge in [-0.25, -0.2) is 4.98 Å². The van der Waals surface area contributed by atoms with Gasteiger partial charge in [0, 0.05) is 30.0 Å². The van der Waals surface area contributed by atoms with Crippen LogP contribution in [0.3, 0.4) is 0 Å². The lowest BCUT2D eigenvalue weighted by molar-refractivity contribution is 0.104. The molecule has 0 amide bonds. The van der Waals surface area contributed by atoms with Crippen molar-refractivity contribution in [1.82, 2.24) is 4.98 Å². The highest BCUT2D eigenvalue weighted by Gasteiger charge is 2.20. The number of anilines is 4. The van der Waals surface area contributed by atoms with Gasteiger partial charge in [-0.15, -0.1) is 0 Å². The number of rotatable bonds is 7. The Morgan fingerprint density at radius 1 is 1.07 bits per heavy atom. The first-order valence-electron chi connectivity index (χ1n) is 9.74. The number of thiazole rings is 1. The van der Waals surface area contributed by atoms with E-state index in [0.29, 0.717) is 27.1 Å². The van der Waals surface area contributed by atoms with Gasteiger partial charge in [-0.1, -0.05) is 11.3 Å². The van der Waals surface area contributed by atoms with Crippen molar-refractivity contribution in [2.75, 3.05) is 43.3 Å². The molecule has 0 saturated carbocycles. The second-order valence-electron chi connectivity index (χ2n) is 7.00. The molecule has 156 valence electrons. The Hall–Kier alpha value is -3.26. The van der Waals surface area contributed by atoms with E-state index in [0.717, 1.165) is 18.8 Å². The number of carbonyl (C=O) groups is 1. The maximum absolute atomic E-state index is 13.0. The lowest BCUT2D eigenvalue weighted by Gasteiger charge is -2.17. The summed E-state index contributed by atoms with van der Waals surface area (Å²) in [5, 5.41) is 3.82. The summed E-state index contributed by atoms with van der Waals surface area (Å²) in [6.07, 6.45) is 2.49. The smallest absolute Gasteiger partial charge is 0.206 e. The molecule has 1 fully saturated rings. The molecule has 2 heterocycles. The van der Waals surface area contributed by atoms with Crippen molar-refractivity contribution in [3.8, 4) is 11.5 Å². The molecule has 1 aliphatic rings. The van der Waals surface area contributed by atoms with Crippen LogP contribution in [0.4, 0.5) is 22.3 Å². The lowest BCUT2D eigenvalue weighted by atomic mass is 10.1. The van der Waals surface area contributed by atoms with E-state index in [1.807, 2.05) is 12.1 Å². The monoisotopic (exact) mass is 424 g/mol. The van der Waals surface area contributed by atoms with E-state index in [4.69, 9.17) is 15.2 Å². The van der Waals surface area contributed by atoms with Crippen molar-refractivity contribution in [3.63, 3.8) is 0 Å². The van der Waals surface area contributed by atoms with Crippen LogP contribution < -0.4 is 25.4 Å². The van der Waals surface area contributed by atoms with Crippen molar-refractivity contribution in [3.05, 3.63) is 52.9 Å². The highest BCUT2D eigenvalue weighted by atomic mass is 32.1. The Balaban J connectivity index is 1.51. The summed E-state index contributed by atoms with van der Waals surface area (Å²) in [5.41, 5.74) is 8.63. The molecule has 0 atom stereocenters. The highest BCUT2D eigenvalue weighted by Crippen LogP contribution is 2.33. The maximum atomic E-state index is 13.0. The van der Waals surface area contributed by atoms with Crippen LogP contribution in [-0.2, 0) is 0 Å². The number of nitrogens with one attached hydrogen (secondary N) is 1. The van der Waals surface area contributed by atoms with Gasteiger partial charge in [0.1, 0.15) is 10.7 Å². The van der Waals surface area contributed by atoms with E-state index in [2.05, 4.69) is 27.3 Å². The molecule has 1 saturated heterocycles. The van der Waals surface area contributed by atoms with Gasteiger partial charge in [0.05, 0.1) is 14.2 Å². The van der Waals surface area contributed by atoms with Crippen molar-refractivity contribution < 1.29 is 14.3 Å². The summed E-state index contributed by atoms with van der Waals surface area (Å²) in [7, 11) is 3.08. The Kier molecular flexibility index (Phi) is 5.76. The van der Waals surface area contributed by atoms with Gasteiger partial charge in [0.2, 0.25) is 5.78 Å². The summed E-state index contributed by atoms with van der Waals surface area (Å²) in [5.74, 6) is 1.05. The number of hydrogen-bond acceptors (Lipinski definition) is 8. The quantitative estimate of drug-likeness (QED) is 0.546. The normalized spacial score (nSPS) is 13.3. The van der Waals surface area contributed by atoms with Gasteiger partial charge in [-0.3, -0.25) is 4.79 Å². The van der Waals surface area contributed by atoms with E-state index in [-0.39, 0.29) is 11.6 Å². The molecule has 8 heteroatoms. The number of ketones is 1. The topological polar surface area (TPSA) is 89.7 Å². The van der Waals surface area contributed by atoms with E-state index in [1.165, 1.54) is 37.0 Å². The molecular weight excluding hydrogens is 400 g/mol. The number of nitrogens with two attached hydrogens (primary N) is 1. The standard InChI is InChI=1S/C22H24N4O3S/c1-28-17-10-5-14(13-18(17)29-2)19(27)20-21(23)25-22(30-20)24-15-6-8-16(9-7-15)26-11-3-4-12-26/h5-10,13H,3-4,11-12,23H2,1-2H3,(H,24,25). The van der Waals surface area contributed by atoms with Gasteiger partial charge in [-0.2, -0.15) is 0 Å². The summed E-state index contributed by atoms with van der Waals surface area (Å²) in [6, 6.07) is 13.3. The first-order chi connectivity index (χ1) is 14.6. The van der Waals surface area contributed by atoms with Crippen LogP contribution in [0, 0.1) is 0 Å². The molecule has 0 aliphatic carbocycles. The summed E-state index contributed by atoms with van der Waals surface area (Å²) >= 11 is 1.23. The van der Waals surface area contributed by atoms with Crippen molar-refractivity contribution in [2.24, 2.45) is 0 Å². The fourth-order valence-corrected chi connectivity index (χ4v) is 4.38. The fourth-order valence-electron chi connectivity index (χ4n) is 3.51. The molecule has 0 radical (unpaired) electrons. The van der Waals surface area contributed by atoms with Crippen LogP contribution in [0.2, 0.25) is 0 Å². The number of hydrogen-bond donors (Lipinski definition) is 2. The molecular formula is C22H24N4O3S. The molecule has 1 aromatic heterocycles. The Labute approximate surface area is 179 Å². The minimum Gasteiger partial charge on any atom is -0.493 e. The van der Waals surface area contributed by atoms with Crippen LogP contribution in [0.25, 0.3) is 0 Å². The van der Waals surface area contributed by atoms with Crippen LogP contribution in [-0.4, -0.2) is 38.1 Å². The lowest BCUT2D eigenvalue weighted by Crippen LogP contribution is -2.17. The van der Waals surface area contributed by atoms with Crippen LogP contribution >= 0.6 is 11.3 Å². The average molecular weight is 425 g/mol. The molecule has 3 aromatic rings. The maximum Gasteiger partial charge on any atom is 0.206 e. The number of nitrogens with zero attached hydrogens (tertiary/aromatic N) is 2. The average Bonchev–Trinajstić information content (AvgIpc) is 3.43. The molecule has 30 heavy (non-hydrogen) atoms. The zero-order valence-electron chi connectivity index (χ0n) is 17.0. The number of methoxy groups -OCH3 is 2. The second-order valence-corrected chi connectivity index (χ2v) is 8.00. The molecule has 0 spiro atoms.